The van der Waals surface area contributed by atoms with Gasteiger partial charge in [0.1, 0.15) is 11.9 Å². The van der Waals surface area contributed by atoms with Gasteiger partial charge < -0.3 is 19.9 Å². The van der Waals surface area contributed by atoms with E-state index in [0.29, 0.717) is 12.8 Å². The predicted molar refractivity (Wildman–Crippen MR) is 63.8 cm³/mol. The Labute approximate surface area is 110 Å². The molecule has 5 heteroatoms. The minimum Gasteiger partial charge on any atom is -0.530 e. The summed E-state index contributed by atoms with van der Waals surface area (Å²) in [4.78, 5) is 12.4. The molecule has 102 valence electrons. The average Bonchev–Trinajstić information content (AvgIpc) is 2.73. The van der Waals surface area contributed by atoms with E-state index in [1.165, 1.54) is 17.0 Å². The Hall–Kier alpha value is -1.62. The van der Waals surface area contributed by atoms with Crippen LogP contribution in [0.4, 0.5) is 9.18 Å². The van der Waals surface area contributed by atoms with E-state index >= 15 is 0 Å². The summed E-state index contributed by atoms with van der Waals surface area (Å²) in [6.07, 6.45) is 0.0357. The average molecular weight is 264 g/mol. The Morgan fingerprint density at radius 2 is 2.00 bits per heavy atom. The monoisotopic (exact) mass is 264 g/mol. The molecule has 1 amide bonds. The van der Waals surface area contributed by atoms with Gasteiger partial charge in [-0.25, -0.2) is 4.39 Å². The zero-order chi connectivity index (χ0) is 13.6. The molecule has 1 aromatic carbocycles. The fourth-order valence-corrected chi connectivity index (χ4v) is 3.51. The third-order valence-corrected chi connectivity index (χ3v) is 4.39. The van der Waals surface area contributed by atoms with Gasteiger partial charge in [-0.1, -0.05) is 12.1 Å². The van der Waals surface area contributed by atoms with Gasteiger partial charge in [0.15, 0.2) is 0 Å². The van der Waals surface area contributed by atoms with E-state index in [-0.39, 0.29) is 23.8 Å². The number of rotatable bonds is 1. The number of piperidine rings is 1. The molecule has 1 N–H and O–H groups in total. The molecule has 1 aromatic rings. The summed E-state index contributed by atoms with van der Waals surface area (Å²) in [5.74, 6) is -0.443. The van der Waals surface area contributed by atoms with E-state index < -0.39 is 12.2 Å². The first-order valence-corrected chi connectivity index (χ1v) is 6.51. The maximum atomic E-state index is 12.9. The van der Waals surface area contributed by atoms with Gasteiger partial charge in [-0.05, 0) is 37.0 Å². The van der Waals surface area contributed by atoms with Crippen LogP contribution in [0.1, 0.15) is 30.7 Å². The first kappa shape index (κ1) is 12.4. The summed E-state index contributed by atoms with van der Waals surface area (Å²) in [5, 5.41) is 21.5. The lowest BCUT2D eigenvalue weighted by Crippen LogP contribution is -2.57. The van der Waals surface area contributed by atoms with Crippen molar-refractivity contribution >= 4 is 6.09 Å². The van der Waals surface area contributed by atoms with Gasteiger partial charge in [0.2, 0.25) is 0 Å². The fourth-order valence-electron chi connectivity index (χ4n) is 3.51. The third-order valence-electron chi connectivity index (χ3n) is 4.39. The van der Waals surface area contributed by atoms with E-state index in [1.54, 1.807) is 12.1 Å². The van der Waals surface area contributed by atoms with Crippen molar-refractivity contribution in [3.05, 3.63) is 35.6 Å². The molecule has 2 fully saturated rings. The summed E-state index contributed by atoms with van der Waals surface area (Å²) in [6.45, 7) is 0. The Morgan fingerprint density at radius 3 is 2.63 bits per heavy atom. The number of hydrogen-bond acceptors (Lipinski definition) is 3. The zero-order valence-electron chi connectivity index (χ0n) is 10.3. The van der Waals surface area contributed by atoms with Gasteiger partial charge in [0, 0.05) is 12.0 Å². The number of amides is 1. The van der Waals surface area contributed by atoms with Gasteiger partial charge >= 0.3 is 0 Å². The van der Waals surface area contributed by atoms with Crippen molar-refractivity contribution in [3.8, 4) is 0 Å². The number of halogens is 1. The molecule has 19 heavy (non-hydrogen) atoms. The SMILES string of the molecule is O=C([O-])N1C2CCC1C(O)C(c1ccc(F)cc1)C2. The van der Waals surface area contributed by atoms with Crippen molar-refractivity contribution in [3.63, 3.8) is 0 Å². The van der Waals surface area contributed by atoms with Gasteiger partial charge in [-0.15, -0.1) is 0 Å². The second kappa shape index (κ2) is 4.49. The smallest absolute Gasteiger partial charge is 0.137 e. The predicted octanol–water partition coefficient (Wildman–Crippen LogP) is 0.850. The molecule has 4 unspecified atom stereocenters. The largest absolute Gasteiger partial charge is 0.530 e. The van der Waals surface area contributed by atoms with E-state index in [2.05, 4.69) is 0 Å². The molecule has 0 spiro atoms. The van der Waals surface area contributed by atoms with Crippen molar-refractivity contribution in [2.75, 3.05) is 0 Å². The van der Waals surface area contributed by atoms with Crippen LogP contribution in [0.5, 0.6) is 0 Å². The minimum atomic E-state index is -1.20. The lowest BCUT2D eigenvalue weighted by molar-refractivity contribution is -0.272. The summed E-state index contributed by atoms with van der Waals surface area (Å²) in [5.41, 5.74) is 0.865. The quantitative estimate of drug-likeness (QED) is 0.818. The van der Waals surface area contributed by atoms with Crippen LogP contribution in [0.3, 0.4) is 0 Å². The highest BCUT2D eigenvalue weighted by molar-refractivity contribution is 5.64. The maximum absolute atomic E-state index is 12.9. The molecule has 2 aliphatic rings. The Bertz CT molecular complexity index is 490. The topological polar surface area (TPSA) is 63.6 Å². The summed E-state index contributed by atoms with van der Waals surface area (Å²) >= 11 is 0. The van der Waals surface area contributed by atoms with Crippen molar-refractivity contribution in [2.45, 2.75) is 43.4 Å². The summed E-state index contributed by atoms with van der Waals surface area (Å²) < 4.78 is 12.9. The van der Waals surface area contributed by atoms with Crippen LogP contribution >= 0.6 is 0 Å². The second-order valence-electron chi connectivity index (χ2n) is 5.36. The number of fused-ring (bicyclic) bond motifs is 2. The van der Waals surface area contributed by atoms with Crippen LogP contribution in [0.15, 0.2) is 24.3 Å². The first-order valence-electron chi connectivity index (χ1n) is 6.51. The van der Waals surface area contributed by atoms with Crippen LogP contribution in [-0.2, 0) is 0 Å². The molecule has 2 bridgehead atoms. The fraction of sp³-hybridized carbons (Fsp3) is 0.500. The number of carbonyl (C=O) groups excluding carboxylic acids is 1. The van der Waals surface area contributed by atoms with Crippen molar-refractivity contribution in [2.24, 2.45) is 0 Å². The maximum Gasteiger partial charge on any atom is 0.137 e. The van der Waals surface area contributed by atoms with Crippen molar-refractivity contribution < 1.29 is 19.4 Å². The van der Waals surface area contributed by atoms with E-state index in [9.17, 15) is 19.4 Å². The summed E-state index contributed by atoms with van der Waals surface area (Å²) in [7, 11) is 0. The lowest BCUT2D eigenvalue weighted by Gasteiger charge is -2.44. The molecular weight excluding hydrogens is 249 g/mol. The van der Waals surface area contributed by atoms with Crippen molar-refractivity contribution in [1.82, 2.24) is 4.90 Å². The molecular formula is C14H15FNO3-. The van der Waals surface area contributed by atoms with E-state index in [0.717, 1.165) is 12.0 Å². The van der Waals surface area contributed by atoms with Gasteiger partial charge in [-0.3, -0.25) is 0 Å². The first-order chi connectivity index (χ1) is 9.08. The molecule has 0 radical (unpaired) electrons. The molecule has 3 rings (SSSR count). The number of aliphatic hydroxyl groups is 1. The highest BCUT2D eigenvalue weighted by Crippen LogP contribution is 2.42. The highest BCUT2D eigenvalue weighted by atomic mass is 19.1. The van der Waals surface area contributed by atoms with Crippen LogP contribution in [0, 0.1) is 5.82 Å². The molecule has 2 saturated heterocycles. The van der Waals surface area contributed by atoms with Crippen LogP contribution < -0.4 is 5.11 Å². The minimum absolute atomic E-state index is 0.0894. The normalized spacial score (nSPS) is 33.5. The number of carbonyl (C=O) groups is 1. The molecule has 0 saturated carbocycles. The Morgan fingerprint density at radius 1 is 1.32 bits per heavy atom. The zero-order valence-corrected chi connectivity index (χ0v) is 10.3. The molecule has 4 nitrogen and oxygen atoms in total. The number of aliphatic hydroxyl groups excluding tert-OH is 1. The van der Waals surface area contributed by atoms with Crippen LogP contribution in [-0.4, -0.2) is 34.3 Å². The van der Waals surface area contributed by atoms with Gasteiger partial charge in [0.25, 0.3) is 0 Å². The molecule has 0 aliphatic carbocycles. The number of carboxylic acid groups (broad SMARTS) is 1. The van der Waals surface area contributed by atoms with Crippen molar-refractivity contribution in [1.29, 1.82) is 0 Å². The van der Waals surface area contributed by atoms with E-state index in [1.807, 2.05) is 0 Å². The number of hydrogen-bond donors (Lipinski definition) is 1. The van der Waals surface area contributed by atoms with Gasteiger partial charge in [0.05, 0.1) is 12.1 Å². The van der Waals surface area contributed by atoms with E-state index in [4.69, 9.17) is 0 Å². The third kappa shape index (κ3) is 1.98. The molecule has 2 aliphatic heterocycles. The van der Waals surface area contributed by atoms with Crippen LogP contribution in [0.2, 0.25) is 0 Å². The molecule has 4 atom stereocenters. The number of nitrogens with zero attached hydrogens (tertiary/aromatic N) is 1. The van der Waals surface area contributed by atoms with Crippen LogP contribution in [0.25, 0.3) is 0 Å². The lowest BCUT2D eigenvalue weighted by atomic mass is 9.83. The Kier molecular flexibility index (Phi) is 2.93. The number of benzene rings is 1. The standard InChI is InChI=1S/C14H16FNO3/c15-9-3-1-8(2-4-9)11-7-10-5-6-12(13(11)17)16(10)14(18)19/h1-4,10-13,17H,5-7H2,(H,18,19)/p-1. The highest BCUT2D eigenvalue weighted by Gasteiger charge is 2.47. The second-order valence-corrected chi connectivity index (χ2v) is 5.36. The molecule has 0 aromatic heterocycles. The van der Waals surface area contributed by atoms with Gasteiger partial charge in [-0.2, -0.15) is 0 Å². The Balaban J connectivity index is 1.87. The summed E-state index contributed by atoms with van der Waals surface area (Å²) in [6, 6.07) is 5.59. The molecule has 2 heterocycles.